The predicted molar refractivity (Wildman–Crippen MR) is 147 cm³/mol. The molecule has 6 atom stereocenters. The van der Waals surface area contributed by atoms with Crippen LogP contribution in [0.25, 0.3) is 0 Å². The number of rotatable bonds is 9. The first-order valence-electron chi connectivity index (χ1n) is 13.3. The summed E-state index contributed by atoms with van der Waals surface area (Å²) in [5.74, 6) is -5.23. The lowest BCUT2D eigenvalue weighted by molar-refractivity contribution is -0.156. The van der Waals surface area contributed by atoms with Gasteiger partial charge in [0.2, 0.25) is 17.7 Å². The first-order chi connectivity index (χ1) is 19.1. The molecule has 218 valence electrons. The average Bonchev–Trinajstić information content (AvgIpc) is 3.68. The summed E-state index contributed by atoms with van der Waals surface area (Å²) in [5.41, 5.74) is 0. The van der Waals surface area contributed by atoms with Gasteiger partial charge in [0.05, 0.1) is 10.6 Å². The second kappa shape index (κ2) is 13.0. The summed E-state index contributed by atoms with van der Waals surface area (Å²) in [5, 5.41) is 27.0. The smallest absolute Gasteiger partial charge is 0.326 e. The van der Waals surface area contributed by atoms with Crippen molar-refractivity contribution >= 4 is 58.7 Å². The van der Waals surface area contributed by atoms with E-state index in [0.29, 0.717) is 30.6 Å². The first kappa shape index (κ1) is 29.8. The quantitative estimate of drug-likeness (QED) is 0.324. The van der Waals surface area contributed by atoms with E-state index in [1.165, 1.54) is 32.9 Å². The zero-order valence-corrected chi connectivity index (χ0v) is 23.7. The van der Waals surface area contributed by atoms with Crippen LogP contribution < -0.4 is 10.6 Å². The zero-order valence-electron chi connectivity index (χ0n) is 22.1. The van der Waals surface area contributed by atoms with Crippen LogP contribution in [0, 0.1) is 11.8 Å². The fourth-order valence-corrected chi connectivity index (χ4v) is 7.02. The van der Waals surface area contributed by atoms with E-state index in [2.05, 4.69) is 10.6 Å². The van der Waals surface area contributed by atoms with Crippen LogP contribution in [0.3, 0.4) is 0 Å². The van der Waals surface area contributed by atoms with Gasteiger partial charge in [-0.05, 0) is 30.5 Å². The van der Waals surface area contributed by atoms with Crippen molar-refractivity contribution < 1.29 is 39.0 Å². The molecule has 4 N–H and O–H groups in total. The average molecular weight is 595 g/mol. The number of thioether (sulfide) groups is 1. The van der Waals surface area contributed by atoms with Crippen molar-refractivity contribution in [3.05, 3.63) is 22.4 Å². The highest BCUT2D eigenvalue weighted by atomic mass is 32.2. The molecule has 0 bridgehead atoms. The molecule has 0 unspecified atom stereocenters. The number of hydrogen-bond donors (Lipinski definition) is 4. The number of aliphatic carboxylic acids is 2. The van der Waals surface area contributed by atoms with Crippen molar-refractivity contribution in [3.63, 3.8) is 0 Å². The van der Waals surface area contributed by atoms with Gasteiger partial charge in [0, 0.05) is 49.9 Å². The highest BCUT2D eigenvalue weighted by Crippen LogP contribution is 2.36. The normalized spacial score (nSPS) is 28.2. The number of nitrogens with zero attached hydrogens (tertiary/aromatic N) is 2. The number of amides is 4. The first-order valence-corrected chi connectivity index (χ1v) is 15.6. The van der Waals surface area contributed by atoms with Crippen LogP contribution in [-0.4, -0.2) is 105 Å². The van der Waals surface area contributed by atoms with Crippen LogP contribution in [0.15, 0.2) is 17.5 Å². The third-order valence-corrected chi connectivity index (χ3v) is 9.28. The maximum Gasteiger partial charge on any atom is 0.326 e. The van der Waals surface area contributed by atoms with Gasteiger partial charge in [-0.1, -0.05) is 18.9 Å². The molecule has 0 aromatic carbocycles. The van der Waals surface area contributed by atoms with Gasteiger partial charge in [-0.25, -0.2) is 9.59 Å². The second-order valence-corrected chi connectivity index (χ2v) is 12.3. The fourth-order valence-electron chi connectivity index (χ4n) is 6.05. The molecule has 4 rings (SSSR count). The Morgan fingerprint density at radius 3 is 1.88 bits per heavy atom. The molecule has 4 amide bonds. The number of thiophene rings is 1. The predicted octanol–water partition coefficient (Wildman–Crippen LogP) is 0.872. The maximum atomic E-state index is 13.8. The molecule has 2 saturated heterocycles. The monoisotopic (exact) mass is 594 g/mol. The fraction of sp³-hybridized carbons (Fsp3) is 0.615. The van der Waals surface area contributed by atoms with Crippen LogP contribution in [0.5, 0.6) is 0 Å². The van der Waals surface area contributed by atoms with Crippen LogP contribution in [-0.2, 0) is 24.0 Å². The van der Waals surface area contributed by atoms with Gasteiger partial charge >= 0.3 is 11.9 Å². The number of likely N-dealkylation sites (tertiary alicyclic amines) is 2. The Hall–Kier alpha value is -3.13. The molecule has 1 aromatic heterocycles. The SMILES string of the molecule is CSCC(=O)N[C@H]1C[C@@H](C(=O)O)N(C(=O)[C@@H]2CCCC[C@@H]2C(=O)N2C[C@@H](NC(=O)c3cccs3)C[C@H]2C(=O)O)C1. The molecular weight excluding hydrogens is 560 g/mol. The zero-order chi connectivity index (χ0) is 29.0. The largest absolute Gasteiger partial charge is 0.480 e. The van der Waals surface area contributed by atoms with Crippen LogP contribution in [0.2, 0.25) is 0 Å². The summed E-state index contributed by atoms with van der Waals surface area (Å²) >= 11 is 2.59. The molecule has 0 radical (unpaired) electrons. The molecule has 3 aliphatic rings. The van der Waals surface area contributed by atoms with Gasteiger partial charge in [0.25, 0.3) is 5.91 Å². The van der Waals surface area contributed by atoms with E-state index in [0.717, 1.165) is 0 Å². The van der Waals surface area contributed by atoms with Gasteiger partial charge in [-0.3, -0.25) is 19.2 Å². The third kappa shape index (κ3) is 6.60. The van der Waals surface area contributed by atoms with Gasteiger partial charge in [0.1, 0.15) is 12.1 Å². The topological polar surface area (TPSA) is 173 Å². The van der Waals surface area contributed by atoms with Crippen molar-refractivity contribution in [1.82, 2.24) is 20.4 Å². The van der Waals surface area contributed by atoms with Gasteiger partial charge < -0.3 is 30.6 Å². The Bertz CT molecular complexity index is 1150. The van der Waals surface area contributed by atoms with E-state index in [1.807, 2.05) is 0 Å². The van der Waals surface area contributed by atoms with Crippen molar-refractivity contribution in [2.45, 2.75) is 62.7 Å². The number of carbonyl (C=O) groups is 6. The van der Waals surface area contributed by atoms with E-state index in [1.54, 1.807) is 23.8 Å². The van der Waals surface area contributed by atoms with Crippen molar-refractivity contribution in [2.75, 3.05) is 25.1 Å². The Balaban J connectivity index is 1.48. The van der Waals surface area contributed by atoms with E-state index in [4.69, 9.17) is 0 Å². The molecule has 1 aliphatic carbocycles. The Morgan fingerprint density at radius 2 is 1.43 bits per heavy atom. The van der Waals surface area contributed by atoms with E-state index in [-0.39, 0.29) is 43.5 Å². The van der Waals surface area contributed by atoms with Gasteiger partial charge in [-0.2, -0.15) is 11.8 Å². The molecule has 3 fully saturated rings. The molecule has 1 aromatic rings. The lowest BCUT2D eigenvalue weighted by atomic mass is 9.77. The minimum atomic E-state index is -1.19. The van der Waals surface area contributed by atoms with Crippen LogP contribution >= 0.6 is 23.1 Å². The molecule has 12 nitrogen and oxygen atoms in total. The summed E-state index contributed by atoms with van der Waals surface area (Å²) in [4.78, 5) is 79.3. The summed E-state index contributed by atoms with van der Waals surface area (Å²) in [6, 6.07) is 0.0588. The summed E-state index contributed by atoms with van der Waals surface area (Å²) < 4.78 is 0. The Labute approximate surface area is 239 Å². The highest BCUT2D eigenvalue weighted by Gasteiger charge is 2.49. The van der Waals surface area contributed by atoms with Gasteiger partial charge in [-0.15, -0.1) is 11.3 Å². The lowest BCUT2D eigenvalue weighted by Crippen LogP contribution is -2.51. The Kier molecular flexibility index (Phi) is 9.72. The number of hydrogen-bond acceptors (Lipinski definition) is 8. The number of nitrogens with one attached hydrogen (secondary N) is 2. The van der Waals surface area contributed by atoms with Crippen molar-refractivity contribution in [3.8, 4) is 0 Å². The minimum absolute atomic E-state index is 0.00926. The molecule has 2 aliphatic heterocycles. The van der Waals surface area contributed by atoms with E-state index >= 15 is 0 Å². The highest BCUT2D eigenvalue weighted by molar-refractivity contribution is 7.99. The van der Waals surface area contributed by atoms with Crippen molar-refractivity contribution in [1.29, 1.82) is 0 Å². The molecular formula is C26H34N4O8S2. The summed E-state index contributed by atoms with van der Waals surface area (Å²) in [7, 11) is 0. The molecule has 3 heterocycles. The molecule has 0 spiro atoms. The lowest BCUT2D eigenvalue weighted by Gasteiger charge is -2.36. The molecule has 14 heteroatoms. The van der Waals surface area contributed by atoms with Crippen LogP contribution in [0.4, 0.5) is 0 Å². The van der Waals surface area contributed by atoms with E-state index in [9.17, 15) is 39.0 Å². The summed E-state index contributed by atoms with van der Waals surface area (Å²) in [6.07, 6.45) is 4.02. The van der Waals surface area contributed by atoms with E-state index < -0.39 is 59.8 Å². The number of carboxylic acids is 2. The number of carbonyl (C=O) groups excluding carboxylic acids is 4. The third-order valence-electron chi connectivity index (χ3n) is 7.86. The van der Waals surface area contributed by atoms with Gasteiger partial charge in [0.15, 0.2) is 0 Å². The van der Waals surface area contributed by atoms with Crippen molar-refractivity contribution in [2.24, 2.45) is 11.8 Å². The molecule has 40 heavy (non-hydrogen) atoms. The second-order valence-electron chi connectivity index (χ2n) is 10.5. The number of carboxylic acid groups (broad SMARTS) is 2. The minimum Gasteiger partial charge on any atom is -0.480 e. The Morgan fingerprint density at radius 1 is 0.900 bits per heavy atom. The maximum absolute atomic E-state index is 13.8. The molecule has 1 saturated carbocycles. The summed E-state index contributed by atoms with van der Waals surface area (Å²) in [6.45, 7) is 0.0426. The van der Waals surface area contributed by atoms with Crippen LogP contribution in [0.1, 0.15) is 48.2 Å². The standard InChI is InChI=1S/C26H34N4O8S2/c1-39-13-21(31)27-14-9-18(25(35)36)29(11-14)23(33)16-5-2-3-6-17(16)24(34)30-12-15(10-19(30)26(37)38)28-22(32)20-7-4-8-40-20/h4,7-8,14-19H,2-3,5-6,9-13H2,1H3,(H,27,31)(H,28,32)(H,35,36)(H,37,38)/t14-,15-,16+,17-,18-,19-/m0/s1.